The van der Waals surface area contributed by atoms with Gasteiger partial charge in [-0.3, -0.25) is 0 Å². The Kier molecular flexibility index (Phi) is 4.64. The van der Waals surface area contributed by atoms with Crippen LogP contribution in [-0.4, -0.2) is 31.0 Å². The fraction of sp³-hybridized carbons (Fsp3) is 0.417. The molecule has 0 aromatic carbocycles. The molecule has 0 aliphatic carbocycles. The van der Waals surface area contributed by atoms with Crippen molar-refractivity contribution in [1.29, 1.82) is 0 Å². The van der Waals surface area contributed by atoms with Crippen molar-refractivity contribution >= 4 is 0 Å². The number of allylic oxidation sites excluding steroid dienone is 2. The molecule has 0 spiro atoms. The Hall–Kier alpha value is -1.65. The van der Waals surface area contributed by atoms with Crippen LogP contribution in [0.1, 0.15) is 6.92 Å². The number of hydrogen-bond acceptors (Lipinski definition) is 3. The number of rotatable bonds is 4. The Morgan fingerprint density at radius 3 is 2.78 bits per heavy atom. The lowest BCUT2D eigenvalue weighted by Crippen LogP contribution is -2.27. The fourth-order valence-corrected chi connectivity index (χ4v) is 1.44. The maximum absolute atomic E-state index is 11.9. The van der Waals surface area contributed by atoms with Gasteiger partial charge in [0.2, 0.25) is 0 Å². The lowest BCUT2D eigenvalue weighted by atomic mass is 10.1. The minimum absolute atomic E-state index is 0.0721. The van der Waals surface area contributed by atoms with Crippen LogP contribution in [0.25, 0.3) is 0 Å². The van der Waals surface area contributed by atoms with Crippen LogP contribution in [0, 0.1) is 0 Å². The number of ether oxygens (including phenoxy) is 1. The number of hydrogen-bond donors (Lipinski definition) is 2. The van der Waals surface area contributed by atoms with Gasteiger partial charge in [-0.2, -0.15) is 13.2 Å². The highest BCUT2D eigenvalue weighted by molar-refractivity contribution is 5.39. The number of nitrogens with one attached hydrogen (secondary N) is 1. The van der Waals surface area contributed by atoms with Gasteiger partial charge in [0.25, 0.3) is 0 Å². The summed E-state index contributed by atoms with van der Waals surface area (Å²) in [5.74, 6) is -0.0721. The molecule has 1 aliphatic heterocycles. The largest absolute Gasteiger partial charge is 0.501 e. The molecule has 1 rings (SSSR count). The second-order valence-electron chi connectivity index (χ2n) is 3.82. The predicted molar refractivity (Wildman–Crippen MR) is 60.9 cm³/mol. The first-order chi connectivity index (χ1) is 8.33. The van der Waals surface area contributed by atoms with Crippen molar-refractivity contribution < 1.29 is 23.0 Å². The summed E-state index contributed by atoms with van der Waals surface area (Å²) in [7, 11) is 0. The molecule has 0 radical (unpaired) electrons. The maximum Gasteiger partial charge on any atom is 0.411 e. The molecule has 1 aliphatic rings. The maximum atomic E-state index is 11.9. The lowest BCUT2D eigenvalue weighted by Gasteiger charge is -2.20. The third-order valence-electron chi connectivity index (χ3n) is 2.34. The summed E-state index contributed by atoms with van der Waals surface area (Å²) in [6.45, 7) is 3.91. The summed E-state index contributed by atoms with van der Waals surface area (Å²) in [4.78, 5) is 0. The number of aliphatic hydroxyl groups is 1. The number of aliphatic hydroxyl groups excluding tert-OH is 1. The molecule has 0 unspecified atom stereocenters. The van der Waals surface area contributed by atoms with Crippen LogP contribution in [0.15, 0.2) is 41.0 Å². The fourth-order valence-electron chi connectivity index (χ4n) is 1.44. The first-order valence-electron chi connectivity index (χ1n) is 5.21. The Balaban J connectivity index is 2.63. The van der Waals surface area contributed by atoms with Crippen LogP contribution in [0.3, 0.4) is 0 Å². The third-order valence-corrected chi connectivity index (χ3v) is 2.34. The minimum Gasteiger partial charge on any atom is -0.501 e. The predicted octanol–water partition coefficient (Wildman–Crippen LogP) is 2.60. The molecule has 18 heavy (non-hydrogen) atoms. The average Bonchev–Trinajstić information content (AvgIpc) is 2.28. The Morgan fingerprint density at radius 1 is 1.61 bits per heavy atom. The zero-order chi connectivity index (χ0) is 13.8. The molecular formula is C12H14F3NO2. The van der Waals surface area contributed by atoms with Gasteiger partial charge in [0.1, 0.15) is 6.61 Å². The summed E-state index contributed by atoms with van der Waals surface area (Å²) >= 11 is 0. The Morgan fingerprint density at radius 2 is 2.28 bits per heavy atom. The third kappa shape index (κ3) is 4.31. The van der Waals surface area contributed by atoms with Gasteiger partial charge in [-0.05, 0) is 18.6 Å². The molecule has 0 aromatic heterocycles. The van der Waals surface area contributed by atoms with Crippen molar-refractivity contribution in [2.24, 2.45) is 0 Å². The van der Waals surface area contributed by atoms with E-state index in [-0.39, 0.29) is 12.4 Å². The molecule has 0 atom stereocenters. The SMILES string of the molecule is C=C=C(O)C1=CC(C)=C(COCC(F)(F)F)NC1. The summed E-state index contributed by atoms with van der Waals surface area (Å²) in [6, 6.07) is 0. The number of dihydropyridines is 1. The van der Waals surface area contributed by atoms with Gasteiger partial charge in [-0.1, -0.05) is 12.3 Å². The van der Waals surface area contributed by atoms with Gasteiger partial charge in [0, 0.05) is 17.8 Å². The smallest absolute Gasteiger partial charge is 0.411 e. The molecule has 0 aromatic rings. The van der Waals surface area contributed by atoms with E-state index in [4.69, 9.17) is 0 Å². The van der Waals surface area contributed by atoms with Gasteiger partial charge < -0.3 is 15.2 Å². The van der Waals surface area contributed by atoms with E-state index in [0.717, 1.165) is 0 Å². The zero-order valence-electron chi connectivity index (χ0n) is 9.90. The minimum atomic E-state index is -4.33. The van der Waals surface area contributed by atoms with Crippen LogP contribution >= 0.6 is 0 Å². The zero-order valence-corrected chi connectivity index (χ0v) is 9.90. The van der Waals surface area contributed by atoms with E-state index in [1.54, 1.807) is 13.0 Å². The van der Waals surface area contributed by atoms with Gasteiger partial charge >= 0.3 is 6.18 Å². The second-order valence-corrected chi connectivity index (χ2v) is 3.82. The number of alkyl halides is 3. The monoisotopic (exact) mass is 261 g/mol. The Bertz CT molecular complexity index is 429. The molecule has 2 N–H and O–H groups in total. The molecule has 0 fully saturated rings. The molecule has 1 heterocycles. The van der Waals surface area contributed by atoms with Crippen LogP contribution in [-0.2, 0) is 4.74 Å². The van der Waals surface area contributed by atoms with Crippen LogP contribution < -0.4 is 5.32 Å². The van der Waals surface area contributed by atoms with E-state index >= 15 is 0 Å². The summed E-state index contributed by atoms with van der Waals surface area (Å²) in [6.07, 6.45) is -2.66. The molecule has 3 nitrogen and oxygen atoms in total. The van der Waals surface area contributed by atoms with E-state index in [9.17, 15) is 18.3 Å². The lowest BCUT2D eigenvalue weighted by molar-refractivity contribution is -0.171. The van der Waals surface area contributed by atoms with Gasteiger partial charge in [0.05, 0.1) is 6.61 Å². The van der Waals surface area contributed by atoms with E-state index < -0.39 is 12.8 Å². The normalized spacial score (nSPS) is 15.9. The van der Waals surface area contributed by atoms with Crippen molar-refractivity contribution in [1.82, 2.24) is 5.32 Å². The van der Waals surface area contributed by atoms with Crippen molar-refractivity contribution in [2.45, 2.75) is 13.1 Å². The summed E-state index contributed by atoms with van der Waals surface area (Å²) < 4.78 is 40.2. The number of halogens is 3. The molecule has 0 bridgehead atoms. The summed E-state index contributed by atoms with van der Waals surface area (Å²) in [5, 5.41) is 12.3. The van der Waals surface area contributed by atoms with Gasteiger partial charge in [-0.25, -0.2) is 0 Å². The summed E-state index contributed by atoms with van der Waals surface area (Å²) in [5.41, 5.74) is 4.21. The van der Waals surface area contributed by atoms with Crippen molar-refractivity contribution in [2.75, 3.05) is 19.8 Å². The molecule has 6 heteroatoms. The highest BCUT2D eigenvalue weighted by Gasteiger charge is 2.27. The quantitative estimate of drug-likeness (QED) is 0.603. The molecule has 0 saturated carbocycles. The van der Waals surface area contributed by atoms with E-state index in [1.807, 2.05) is 0 Å². The van der Waals surface area contributed by atoms with E-state index in [1.165, 1.54) is 0 Å². The van der Waals surface area contributed by atoms with Crippen molar-refractivity contribution in [3.05, 3.63) is 41.0 Å². The highest BCUT2D eigenvalue weighted by Crippen LogP contribution is 2.18. The van der Waals surface area contributed by atoms with Crippen molar-refractivity contribution in [3.8, 4) is 0 Å². The molecule has 0 saturated heterocycles. The van der Waals surface area contributed by atoms with Crippen molar-refractivity contribution in [3.63, 3.8) is 0 Å². The van der Waals surface area contributed by atoms with Crippen LogP contribution in [0.5, 0.6) is 0 Å². The molecule has 0 amide bonds. The van der Waals surface area contributed by atoms with Gasteiger partial charge in [-0.15, -0.1) is 0 Å². The van der Waals surface area contributed by atoms with E-state index in [0.29, 0.717) is 23.4 Å². The second kappa shape index (κ2) is 5.80. The highest BCUT2D eigenvalue weighted by atomic mass is 19.4. The van der Waals surface area contributed by atoms with Crippen LogP contribution in [0.4, 0.5) is 13.2 Å². The molecular weight excluding hydrogens is 247 g/mol. The average molecular weight is 261 g/mol. The molecule has 100 valence electrons. The van der Waals surface area contributed by atoms with E-state index in [2.05, 4.69) is 22.4 Å². The standard InChI is InChI=1S/C12H14F3NO2/c1-3-11(17)9-4-8(2)10(16-5-9)6-18-7-12(13,14)15/h4,16-17H,1,5-7H2,2H3. The first-order valence-corrected chi connectivity index (χ1v) is 5.21. The van der Waals surface area contributed by atoms with Gasteiger partial charge in [0.15, 0.2) is 5.76 Å². The Labute approximate surface area is 103 Å². The topological polar surface area (TPSA) is 41.5 Å². The van der Waals surface area contributed by atoms with Crippen LogP contribution in [0.2, 0.25) is 0 Å². The first kappa shape index (κ1) is 14.4.